The lowest BCUT2D eigenvalue weighted by Crippen LogP contribution is -2.42. The monoisotopic (exact) mass is 305 g/mol. The molecule has 4 nitrogen and oxygen atoms in total. The van der Waals surface area contributed by atoms with Gasteiger partial charge in [0, 0.05) is 12.1 Å². The number of hydrogen-bond acceptors (Lipinski definition) is 3. The van der Waals surface area contributed by atoms with Crippen LogP contribution < -0.4 is 0 Å². The number of hydrogen-bond donors (Lipinski definition) is 1. The van der Waals surface area contributed by atoms with Crippen molar-refractivity contribution in [3.63, 3.8) is 0 Å². The summed E-state index contributed by atoms with van der Waals surface area (Å²) in [5.74, 6) is -2.67. The molecule has 1 N–H and O–H groups in total. The zero-order valence-electron chi connectivity index (χ0n) is 11.4. The van der Waals surface area contributed by atoms with Crippen LogP contribution in [0, 0.1) is 11.6 Å². The highest BCUT2D eigenvalue weighted by Crippen LogP contribution is 2.35. The van der Waals surface area contributed by atoms with Crippen molar-refractivity contribution in [3.8, 4) is 0 Å². The van der Waals surface area contributed by atoms with Gasteiger partial charge in [-0.05, 0) is 44.4 Å². The number of aliphatic hydroxyl groups excluding tert-OH is 1. The SMILES string of the molecule is CC1(C)CCCN1S(=O)(=O)c1cc(CO)cc(F)c1F. The lowest BCUT2D eigenvalue weighted by Gasteiger charge is -2.30. The summed E-state index contributed by atoms with van der Waals surface area (Å²) in [4.78, 5) is -0.712. The molecule has 112 valence electrons. The fourth-order valence-electron chi connectivity index (χ4n) is 2.54. The average molecular weight is 305 g/mol. The summed E-state index contributed by atoms with van der Waals surface area (Å²) in [5, 5.41) is 9.01. The molecule has 1 fully saturated rings. The Morgan fingerprint density at radius 3 is 2.50 bits per heavy atom. The van der Waals surface area contributed by atoms with Gasteiger partial charge in [0.15, 0.2) is 11.6 Å². The van der Waals surface area contributed by atoms with Crippen molar-refractivity contribution in [1.82, 2.24) is 4.31 Å². The van der Waals surface area contributed by atoms with Crippen molar-refractivity contribution < 1.29 is 22.3 Å². The van der Waals surface area contributed by atoms with E-state index in [1.54, 1.807) is 13.8 Å². The Bertz CT molecular complexity index is 629. The summed E-state index contributed by atoms with van der Waals surface area (Å²) in [6, 6.07) is 1.78. The molecular weight excluding hydrogens is 288 g/mol. The Hall–Kier alpha value is -1.05. The molecular formula is C13H17F2NO3S. The van der Waals surface area contributed by atoms with E-state index in [-0.39, 0.29) is 12.1 Å². The summed E-state index contributed by atoms with van der Waals surface area (Å²) in [7, 11) is -4.12. The Kier molecular flexibility index (Phi) is 3.88. The van der Waals surface area contributed by atoms with Crippen molar-refractivity contribution in [2.45, 2.75) is 43.7 Å². The van der Waals surface area contributed by atoms with Crippen LogP contribution in [0.25, 0.3) is 0 Å². The van der Waals surface area contributed by atoms with E-state index in [0.717, 1.165) is 12.1 Å². The molecule has 7 heteroatoms. The van der Waals surface area contributed by atoms with E-state index in [1.807, 2.05) is 0 Å². The van der Waals surface area contributed by atoms with Gasteiger partial charge in [-0.1, -0.05) is 0 Å². The van der Waals surface area contributed by atoms with Crippen LogP contribution in [0.5, 0.6) is 0 Å². The normalized spacial score (nSPS) is 19.4. The van der Waals surface area contributed by atoms with Crippen LogP contribution in [0.15, 0.2) is 17.0 Å². The minimum atomic E-state index is -4.12. The van der Waals surface area contributed by atoms with Gasteiger partial charge in [0.05, 0.1) is 6.61 Å². The van der Waals surface area contributed by atoms with Crippen LogP contribution in [0.4, 0.5) is 8.78 Å². The quantitative estimate of drug-likeness (QED) is 0.929. The molecule has 1 aromatic rings. The second kappa shape index (κ2) is 5.05. The smallest absolute Gasteiger partial charge is 0.246 e. The molecule has 1 aromatic carbocycles. The number of aliphatic hydroxyl groups is 1. The second-order valence-corrected chi connectivity index (χ2v) is 7.37. The summed E-state index contributed by atoms with van der Waals surface area (Å²) < 4.78 is 53.6. The number of benzene rings is 1. The summed E-state index contributed by atoms with van der Waals surface area (Å²) in [5.41, 5.74) is -0.601. The molecule has 0 spiro atoms. The maximum Gasteiger partial charge on any atom is 0.246 e. The molecule has 0 bridgehead atoms. The zero-order chi connectivity index (χ0) is 15.1. The van der Waals surface area contributed by atoms with E-state index >= 15 is 0 Å². The first-order chi connectivity index (χ1) is 9.20. The Balaban J connectivity index is 2.58. The number of halogens is 2. The maximum absolute atomic E-state index is 13.9. The molecule has 0 unspecified atom stereocenters. The first kappa shape index (κ1) is 15.3. The van der Waals surface area contributed by atoms with E-state index in [2.05, 4.69) is 0 Å². The molecule has 1 saturated heterocycles. The highest BCUT2D eigenvalue weighted by Gasteiger charge is 2.42. The Labute approximate surface area is 117 Å². The fourth-order valence-corrected chi connectivity index (χ4v) is 4.52. The summed E-state index contributed by atoms with van der Waals surface area (Å²) in [6.45, 7) is 3.23. The Morgan fingerprint density at radius 1 is 1.35 bits per heavy atom. The molecule has 1 aliphatic heterocycles. The van der Waals surface area contributed by atoms with Crippen molar-refractivity contribution in [1.29, 1.82) is 0 Å². The van der Waals surface area contributed by atoms with Crippen LogP contribution in [0.3, 0.4) is 0 Å². The van der Waals surface area contributed by atoms with Gasteiger partial charge in [-0.2, -0.15) is 4.31 Å². The minimum Gasteiger partial charge on any atom is -0.392 e. The maximum atomic E-state index is 13.9. The molecule has 1 heterocycles. The molecule has 0 aliphatic carbocycles. The molecule has 20 heavy (non-hydrogen) atoms. The van der Waals surface area contributed by atoms with Crippen LogP contribution in [0.1, 0.15) is 32.3 Å². The topological polar surface area (TPSA) is 57.6 Å². The second-order valence-electron chi connectivity index (χ2n) is 5.54. The van der Waals surface area contributed by atoms with Crippen LogP contribution >= 0.6 is 0 Å². The lowest BCUT2D eigenvalue weighted by molar-refractivity contribution is 0.279. The van der Waals surface area contributed by atoms with E-state index in [0.29, 0.717) is 12.8 Å². The fraction of sp³-hybridized carbons (Fsp3) is 0.538. The van der Waals surface area contributed by atoms with E-state index < -0.39 is 38.7 Å². The third-order valence-electron chi connectivity index (χ3n) is 3.63. The molecule has 0 aromatic heterocycles. The largest absolute Gasteiger partial charge is 0.392 e. The predicted octanol–water partition coefficient (Wildman–Crippen LogP) is 2.02. The number of sulfonamides is 1. The molecule has 0 amide bonds. The van der Waals surface area contributed by atoms with Gasteiger partial charge in [0.2, 0.25) is 10.0 Å². The first-order valence-corrected chi connectivity index (χ1v) is 7.76. The van der Waals surface area contributed by atoms with E-state index in [4.69, 9.17) is 5.11 Å². The van der Waals surface area contributed by atoms with E-state index in [9.17, 15) is 17.2 Å². The van der Waals surface area contributed by atoms with Crippen LogP contribution in [-0.4, -0.2) is 29.9 Å². The van der Waals surface area contributed by atoms with Crippen molar-refractivity contribution in [3.05, 3.63) is 29.3 Å². The van der Waals surface area contributed by atoms with E-state index in [1.165, 1.54) is 4.31 Å². The molecule has 0 atom stereocenters. The van der Waals surface area contributed by atoms with Gasteiger partial charge in [0.1, 0.15) is 4.90 Å². The summed E-state index contributed by atoms with van der Waals surface area (Å²) in [6.07, 6.45) is 1.34. The first-order valence-electron chi connectivity index (χ1n) is 6.32. The molecule has 1 aliphatic rings. The Morgan fingerprint density at radius 2 is 2.00 bits per heavy atom. The van der Waals surface area contributed by atoms with Crippen LogP contribution in [0.2, 0.25) is 0 Å². The van der Waals surface area contributed by atoms with Gasteiger partial charge in [-0.15, -0.1) is 0 Å². The van der Waals surface area contributed by atoms with Crippen molar-refractivity contribution in [2.24, 2.45) is 0 Å². The van der Waals surface area contributed by atoms with Gasteiger partial charge >= 0.3 is 0 Å². The predicted molar refractivity (Wildman–Crippen MR) is 69.5 cm³/mol. The van der Waals surface area contributed by atoms with Gasteiger partial charge < -0.3 is 5.11 Å². The molecule has 0 radical (unpaired) electrons. The van der Waals surface area contributed by atoms with Crippen molar-refractivity contribution in [2.75, 3.05) is 6.54 Å². The highest BCUT2D eigenvalue weighted by molar-refractivity contribution is 7.89. The highest BCUT2D eigenvalue weighted by atomic mass is 32.2. The number of nitrogens with zero attached hydrogens (tertiary/aromatic N) is 1. The van der Waals surface area contributed by atoms with Gasteiger partial charge in [0.25, 0.3) is 0 Å². The lowest BCUT2D eigenvalue weighted by atomic mass is 10.0. The third kappa shape index (κ3) is 2.45. The average Bonchev–Trinajstić information content (AvgIpc) is 2.72. The van der Waals surface area contributed by atoms with Gasteiger partial charge in [-0.3, -0.25) is 0 Å². The van der Waals surface area contributed by atoms with Crippen molar-refractivity contribution >= 4 is 10.0 Å². The standard InChI is InChI=1S/C13H17F2NO3S/c1-13(2)4-3-5-16(13)20(18,19)11-7-9(8-17)6-10(14)12(11)15/h6-7,17H,3-5,8H2,1-2H3. The molecule has 0 saturated carbocycles. The zero-order valence-corrected chi connectivity index (χ0v) is 12.2. The van der Waals surface area contributed by atoms with Crippen LogP contribution in [-0.2, 0) is 16.6 Å². The third-order valence-corrected chi connectivity index (χ3v) is 5.74. The summed E-state index contributed by atoms with van der Waals surface area (Å²) >= 11 is 0. The molecule has 2 rings (SSSR count). The van der Waals surface area contributed by atoms with Gasteiger partial charge in [-0.25, -0.2) is 17.2 Å². The number of rotatable bonds is 3. The minimum absolute atomic E-state index is 0.0273.